The summed E-state index contributed by atoms with van der Waals surface area (Å²) < 4.78 is 1.91. The Labute approximate surface area is 154 Å². The van der Waals surface area contributed by atoms with Crippen LogP contribution >= 0.6 is 0 Å². The van der Waals surface area contributed by atoms with Crippen molar-refractivity contribution in [2.45, 2.75) is 39.8 Å². The molecule has 2 heterocycles. The minimum atomic E-state index is -0.209. The van der Waals surface area contributed by atoms with E-state index in [2.05, 4.69) is 22.3 Å². The number of hydrogen-bond acceptors (Lipinski definition) is 3. The molecule has 5 nitrogen and oxygen atoms in total. The van der Waals surface area contributed by atoms with Crippen molar-refractivity contribution in [2.75, 3.05) is 0 Å². The molecule has 0 fully saturated rings. The molecule has 1 atom stereocenters. The van der Waals surface area contributed by atoms with Crippen LogP contribution in [0.25, 0.3) is 0 Å². The molecule has 5 heteroatoms. The third-order valence-electron chi connectivity index (χ3n) is 4.75. The third kappa shape index (κ3) is 3.99. The van der Waals surface area contributed by atoms with Crippen LogP contribution in [0.15, 0.2) is 54.9 Å². The summed E-state index contributed by atoms with van der Waals surface area (Å²) in [6, 6.07) is 13.6. The van der Waals surface area contributed by atoms with Crippen LogP contribution in [0, 0.1) is 20.8 Å². The minimum Gasteiger partial charge on any atom is -0.345 e. The first-order valence-corrected chi connectivity index (χ1v) is 8.81. The van der Waals surface area contributed by atoms with Crippen molar-refractivity contribution in [1.82, 2.24) is 20.1 Å². The number of hydrogen-bond donors (Lipinski definition) is 1. The summed E-state index contributed by atoms with van der Waals surface area (Å²) in [6.45, 7) is 6.66. The van der Waals surface area contributed by atoms with Gasteiger partial charge in [0.25, 0.3) is 0 Å². The average molecular weight is 348 g/mol. The maximum Gasteiger partial charge on any atom is 0.222 e. The molecule has 134 valence electrons. The first-order chi connectivity index (χ1) is 12.6. The van der Waals surface area contributed by atoms with E-state index in [9.17, 15) is 4.79 Å². The molecule has 1 unspecified atom stereocenters. The summed E-state index contributed by atoms with van der Waals surface area (Å²) in [4.78, 5) is 16.8. The van der Waals surface area contributed by atoms with E-state index in [4.69, 9.17) is 0 Å². The number of nitrogens with zero attached hydrogens (tertiary/aromatic N) is 3. The molecule has 1 amide bonds. The van der Waals surface area contributed by atoms with Gasteiger partial charge < -0.3 is 5.32 Å². The summed E-state index contributed by atoms with van der Waals surface area (Å²) in [7, 11) is 0. The fourth-order valence-corrected chi connectivity index (χ4v) is 3.00. The number of nitrogens with one attached hydrogen (secondary N) is 1. The highest BCUT2D eigenvalue weighted by atomic mass is 16.1. The fourth-order valence-electron chi connectivity index (χ4n) is 3.00. The first-order valence-electron chi connectivity index (χ1n) is 8.81. The molecule has 0 aliphatic heterocycles. The number of amides is 1. The maximum atomic E-state index is 12.6. The molecule has 0 spiro atoms. The van der Waals surface area contributed by atoms with E-state index in [-0.39, 0.29) is 11.9 Å². The van der Waals surface area contributed by atoms with Crippen LogP contribution in [0.4, 0.5) is 0 Å². The van der Waals surface area contributed by atoms with Gasteiger partial charge in [0.2, 0.25) is 5.91 Å². The number of carbonyl (C=O) groups is 1. The number of aryl methyl sites for hydroxylation is 2. The fraction of sp³-hybridized carbons (Fsp3) is 0.286. The molecule has 2 aromatic heterocycles. The van der Waals surface area contributed by atoms with Crippen LogP contribution in [0.2, 0.25) is 0 Å². The molecule has 0 saturated carbocycles. The second kappa shape index (κ2) is 7.95. The lowest BCUT2D eigenvalue weighted by Crippen LogP contribution is -2.30. The second-order valence-electron chi connectivity index (χ2n) is 6.47. The van der Waals surface area contributed by atoms with E-state index in [0.29, 0.717) is 13.0 Å². The van der Waals surface area contributed by atoms with Crippen molar-refractivity contribution in [2.24, 2.45) is 0 Å². The largest absolute Gasteiger partial charge is 0.345 e. The summed E-state index contributed by atoms with van der Waals surface area (Å²) in [6.07, 6.45) is 3.91. The van der Waals surface area contributed by atoms with Gasteiger partial charge in [0, 0.05) is 31.1 Å². The van der Waals surface area contributed by atoms with E-state index in [0.717, 1.165) is 22.5 Å². The molecule has 1 aromatic carbocycles. The quantitative estimate of drug-likeness (QED) is 0.742. The molecule has 3 aromatic rings. The molecule has 3 rings (SSSR count). The average Bonchev–Trinajstić information content (AvgIpc) is 2.92. The Kier molecular flexibility index (Phi) is 5.46. The standard InChI is InChI=1S/C21H24N4O/c1-15-16(2)24-25(17(15)3)13-11-20(26)23-21(18-8-5-4-6-9-18)19-10-7-12-22-14-19/h4-10,12,14,21H,11,13H2,1-3H3,(H,23,26). The van der Waals surface area contributed by atoms with Crippen molar-refractivity contribution >= 4 is 5.91 Å². The lowest BCUT2D eigenvalue weighted by atomic mass is 10.00. The zero-order valence-electron chi connectivity index (χ0n) is 15.4. The monoisotopic (exact) mass is 348 g/mol. The lowest BCUT2D eigenvalue weighted by Gasteiger charge is -2.19. The summed E-state index contributed by atoms with van der Waals surface area (Å²) >= 11 is 0. The van der Waals surface area contributed by atoms with Crippen LogP contribution in [0.5, 0.6) is 0 Å². The molecule has 26 heavy (non-hydrogen) atoms. The summed E-state index contributed by atoms with van der Waals surface area (Å²) in [5, 5.41) is 7.64. The maximum absolute atomic E-state index is 12.6. The van der Waals surface area contributed by atoms with E-state index in [1.165, 1.54) is 5.56 Å². The van der Waals surface area contributed by atoms with Crippen LogP contribution in [0.3, 0.4) is 0 Å². The Bertz CT molecular complexity index is 832. The molecule has 0 aliphatic carbocycles. The Morgan fingerprint density at radius 2 is 1.81 bits per heavy atom. The molecular weight excluding hydrogens is 324 g/mol. The van der Waals surface area contributed by atoms with Crippen LogP contribution in [-0.2, 0) is 11.3 Å². The zero-order chi connectivity index (χ0) is 18.5. The van der Waals surface area contributed by atoms with Gasteiger partial charge in [-0.05, 0) is 43.5 Å². The molecular formula is C21H24N4O. The molecule has 0 saturated heterocycles. The minimum absolute atomic E-state index is 0.00656. The van der Waals surface area contributed by atoms with Crippen LogP contribution in [-0.4, -0.2) is 20.7 Å². The smallest absolute Gasteiger partial charge is 0.222 e. The predicted molar refractivity (Wildman–Crippen MR) is 102 cm³/mol. The van der Waals surface area contributed by atoms with Crippen molar-refractivity contribution in [3.8, 4) is 0 Å². The van der Waals surface area contributed by atoms with Gasteiger partial charge in [-0.25, -0.2) is 0 Å². The van der Waals surface area contributed by atoms with Crippen molar-refractivity contribution < 1.29 is 4.79 Å². The SMILES string of the molecule is Cc1nn(CCC(=O)NC(c2ccccc2)c2cccnc2)c(C)c1C. The van der Waals surface area contributed by atoms with Gasteiger partial charge in [0.15, 0.2) is 0 Å². The van der Waals surface area contributed by atoms with E-state index >= 15 is 0 Å². The highest BCUT2D eigenvalue weighted by Gasteiger charge is 2.17. The highest BCUT2D eigenvalue weighted by Crippen LogP contribution is 2.21. The molecule has 1 N–H and O–H groups in total. The topological polar surface area (TPSA) is 59.8 Å². The number of rotatable bonds is 6. The first kappa shape index (κ1) is 17.9. The highest BCUT2D eigenvalue weighted by molar-refractivity contribution is 5.76. The zero-order valence-corrected chi connectivity index (χ0v) is 15.4. The lowest BCUT2D eigenvalue weighted by molar-refractivity contribution is -0.121. The number of carbonyl (C=O) groups excluding carboxylic acids is 1. The van der Waals surface area contributed by atoms with E-state index in [1.807, 2.05) is 61.0 Å². The summed E-state index contributed by atoms with van der Waals surface area (Å²) in [5.74, 6) is -0.00656. The number of pyridine rings is 1. The van der Waals surface area contributed by atoms with Crippen molar-refractivity contribution in [3.05, 3.63) is 82.9 Å². The van der Waals surface area contributed by atoms with Crippen LogP contribution < -0.4 is 5.32 Å². The second-order valence-corrected chi connectivity index (χ2v) is 6.47. The Morgan fingerprint density at radius 1 is 1.08 bits per heavy atom. The Balaban J connectivity index is 1.72. The van der Waals surface area contributed by atoms with E-state index < -0.39 is 0 Å². The van der Waals surface area contributed by atoms with Gasteiger partial charge >= 0.3 is 0 Å². The predicted octanol–water partition coefficient (Wildman–Crippen LogP) is 3.50. The van der Waals surface area contributed by atoms with E-state index in [1.54, 1.807) is 12.4 Å². The van der Waals surface area contributed by atoms with Gasteiger partial charge in [0.05, 0.1) is 11.7 Å². The number of benzene rings is 1. The number of aromatic nitrogens is 3. The van der Waals surface area contributed by atoms with Crippen molar-refractivity contribution in [1.29, 1.82) is 0 Å². The Hall–Kier alpha value is -2.95. The van der Waals surface area contributed by atoms with Gasteiger partial charge in [0.1, 0.15) is 0 Å². The molecule has 0 radical (unpaired) electrons. The van der Waals surface area contributed by atoms with Gasteiger partial charge in [-0.1, -0.05) is 36.4 Å². The molecule has 0 aliphatic rings. The van der Waals surface area contributed by atoms with Crippen LogP contribution in [0.1, 0.15) is 40.5 Å². The van der Waals surface area contributed by atoms with Gasteiger partial charge in [-0.15, -0.1) is 0 Å². The van der Waals surface area contributed by atoms with Gasteiger partial charge in [-0.3, -0.25) is 14.5 Å². The summed E-state index contributed by atoms with van der Waals surface area (Å²) in [5.41, 5.74) is 5.32. The third-order valence-corrected chi connectivity index (χ3v) is 4.75. The Morgan fingerprint density at radius 3 is 2.42 bits per heavy atom. The normalized spacial score (nSPS) is 12.0. The van der Waals surface area contributed by atoms with Crippen molar-refractivity contribution in [3.63, 3.8) is 0 Å². The molecule has 0 bridgehead atoms. The van der Waals surface area contributed by atoms with Gasteiger partial charge in [-0.2, -0.15) is 5.10 Å².